The Morgan fingerprint density at radius 3 is 2.83 bits per heavy atom. The Balaban J connectivity index is 2.17. The monoisotopic (exact) mass is 251 g/mol. The first-order valence-electron chi connectivity index (χ1n) is 5.56. The molecule has 2 rings (SSSR count). The van der Waals surface area contributed by atoms with Crippen LogP contribution in [0.25, 0.3) is 0 Å². The molecule has 0 bridgehead atoms. The van der Waals surface area contributed by atoms with Gasteiger partial charge >= 0.3 is 5.97 Å². The first-order valence-corrected chi connectivity index (χ1v) is 5.56. The van der Waals surface area contributed by atoms with Gasteiger partial charge in [-0.25, -0.2) is 0 Å². The van der Waals surface area contributed by atoms with Gasteiger partial charge in [-0.1, -0.05) is 0 Å². The van der Waals surface area contributed by atoms with Crippen LogP contribution >= 0.6 is 0 Å². The summed E-state index contributed by atoms with van der Waals surface area (Å²) in [5.74, 6) is -0.756. The molecule has 0 radical (unpaired) electrons. The summed E-state index contributed by atoms with van der Waals surface area (Å²) >= 11 is 0. The molecule has 1 aliphatic heterocycles. The number of amides is 1. The van der Waals surface area contributed by atoms with Gasteiger partial charge in [-0.3, -0.25) is 9.59 Å². The molecule has 0 atom stereocenters. The minimum absolute atomic E-state index is 0.0460. The van der Waals surface area contributed by atoms with Crippen LogP contribution in [0, 0.1) is 0 Å². The van der Waals surface area contributed by atoms with Gasteiger partial charge in [-0.2, -0.15) is 0 Å². The fourth-order valence-electron chi connectivity index (χ4n) is 1.82. The second-order valence-electron chi connectivity index (χ2n) is 3.94. The topological polar surface area (TPSA) is 87.1 Å². The van der Waals surface area contributed by atoms with Crippen molar-refractivity contribution >= 4 is 17.6 Å². The molecule has 0 fully saturated rings. The molecule has 18 heavy (non-hydrogen) atoms. The number of rotatable bonds is 3. The van der Waals surface area contributed by atoms with Crippen molar-refractivity contribution in [1.82, 2.24) is 0 Å². The Morgan fingerprint density at radius 1 is 1.33 bits per heavy atom. The maximum Gasteiger partial charge on any atom is 0.303 e. The zero-order valence-electron chi connectivity index (χ0n) is 9.63. The Bertz CT molecular complexity index is 485. The molecule has 0 saturated carbocycles. The molecule has 6 heteroatoms. The summed E-state index contributed by atoms with van der Waals surface area (Å²) in [6.07, 6.45) is -0.237. The number of benzene rings is 1. The molecule has 1 aliphatic rings. The van der Waals surface area contributed by atoms with Crippen molar-refractivity contribution in [3.05, 3.63) is 18.2 Å². The van der Waals surface area contributed by atoms with E-state index in [-0.39, 0.29) is 24.5 Å². The SMILES string of the molecule is O=C(O)CCC(=O)N1CCOc2cc(O)ccc21. The quantitative estimate of drug-likeness (QED) is 0.836. The first kappa shape index (κ1) is 12.2. The standard InChI is InChI=1S/C12H13NO5/c14-8-1-2-9-10(7-8)18-6-5-13(9)11(15)3-4-12(16)17/h1-2,7,14H,3-6H2,(H,16,17). The predicted octanol–water partition coefficient (Wildman–Crippen LogP) is 0.982. The Kier molecular flexibility index (Phi) is 3.36. The van der Waals surface area contributed by atoms with E-state index in [1.54, 1.807) is 6.07 Å². The average molecular weight is 251 g/mol. The number of ether oxygens (including phenoxy) is 1. The molecular weight excluding hydrogens is 238 g/mol. The molecule has 96 valence electrons. The van der Waals surface area contributed by atoms with Crippen molar-refractivity contribution in [2.75, 3.05) is 18.1 Å². The number of aliphatic carboxylic acids is 1. The summed E-state index contributed by atoms with van der Waals surface area (Å²) in [4.78, 5) is 23.8. The number of hydrogen-bond acceptors (Lipinski definition) is 4. The van der Waals surface area contributed by atoms with Crippen molar-refractivity contribution in [1.29, 1.82) is 0 Å². The minimum Gasteiger partial charge on any atom is -0.508 e. The number of carboxylic acid groups (broad SMARTS) is 1. The van der Waals surface area contributed by atoms with Crippen molar-refractivity contribution < 1.29 is 24.5 Å². The van der Waals surface area contributed by atoms with Gasteiger partial charge in [0, 0.05) is 12.5 Å². The highest BCUT2D eigenvalue weighted by Gasteiger charge is 2.24. The van der Waals surface area contributed by atoms with Crippen LogP contribution in [0.4, 0.5) is 5.69 Å². The highest BCUT2D eigenvalue weighted by Crippen LogP contribution is 2.34. The third-order valence-electron chi connectivity index (χ3n) is 2.66. The van der Waals surface area contributed by atoms with E-state index in [0.29, 0.717) is 24.6 Å². The smallest absolute Gasteiger partial charge is 0.303 e. The third-order valence-corrected chi connectivity index (χ3v) is 2.66. The van der Waals surface area contributed by atoms with Crippen LogP contribution in [0.15, 0.2) is 18.2 Å². The molecule has 2 N–H and O–H groups in total. The number of phenolic OH excluding ortho intramolecular Hbond substituents is 1. The molecule has 0 aromatic heterocycles. The normalized spacial score (nSPS) is 13.7. The van der Waals surface area contributed by atoms with Gasteiger partial charge in [-0.05, 0) is 12.1 Å². The van der Waals surface area contributed by atoms with E-state index in [2.05, 4.69) is 0 Å². The summed E-state index contributed by atoms with van der Waals surface area (Å²) in [7, 11) is 0. The van der Waals surface area contributed by atoms with Crippen LogP contribution in [0.1, 0.15) is 12.8 Å². The Labute approximate surface area is 103 Å². The molecule has 0 spiro atoms. The lowest BCUT2D eigenvalue weighted by Gasteiger charge is -2.29. The highest BCUT2D eigenvalue weighted by molar-refractivity contribution is 5.96. The molecule has 1 heterocycles. The summed E-state index contributed by atoms with van der Waals surface area (Å²) in [6.45, 7) is 0.714. The van der Waals surface area contributed by atoms with Gasteiger partial charge in [0.15, 0.2) is 0 Å². The lowest BCUT2D eigenvalue weighted by atomic mass is 10.2. The number of nitrogens with zero attached hydrogens (tertiary/aromatic N) is 1. The molecule has 1 aromatic rings. The maximum atomic E-state index is 11.9. The van der Waals surface area contributed by atoms with Crippen molar-refractivity contribution in [3.63, 3.8) is 0 Å². The lowest BCUT2D eigenvalue weighted by molar-refractivity contribution is -0.138. The Hall–Kier alpha value is -2.24. The first-order chi connectivity index (χ1) is 8.58. The summed E-state index contributed by atoms with van der Waals surface area (Å²) in [5, 5.41) is 17.9. The van der Waals surface area contributed by atoms with Gasteiger partial charge in [-0.15, -0.1) is 0 Å². The van der Waals surface area contributed by atoms with Crippen LogP contribution < -0.4 is 9.64 Å². The number of phenols is 1. The predicted molar refractivity (Wildman–Crippen MR) is 62.8 cm³/mol. The molecule has 0 unspecified atom stereocenters. The van der Waals surface area contributed by atoms with Crippen LogP contribution in [-0.4, -0.2) is 35.2 Å². The van der Waals surface area contributed by atoms with E-state index in [9.17, 15) is 14.7 Å². The molecule has 0 saturated heterocycles. The average Bonchev–Trinajstić information content (AvgIpc) is 2.34. The highest BCUT2D eigenvalue weighted by atomic mass is 16.5. The number of fused-ring (bicyclic) bond motifs is 1. The molecular formula is C12H13NO5. The zero-order valence-corrected chi connectivity index (χ0v) is 9.63. The molecule has 1 amide bonds. The fraction of sp³-hybridized carbons (Fsp3) is 0.333. The van der Waals surface area contributed by atoms with Crippen LogP contribution in [0.3, 0.4) is 0 Å². The summed E-state index contributed by atoms with van der Waals surface area (Å²) in [6, 6.07) is 4.49. The number of carboxylic acids is 1. The third kappa shape index (κ3) is 2.53. The number of hydrogen-bond donors (Lipinski definition) is 2. The van der Waals surface area contributed by atoms with Gasteiger partial charge in [0.2, 0.25) is 5.91 Å². The fourth-order valence-corrected chi connectivity index (χ4v) is 1.82. The van der Waals surface area contributed by atoms with Gasteiger partial charge < -0.3 is 19.8 Å². The second kappa shape index (κ2) is 4.95. The van der Waals surface area contributed by atoms with Crippen molar-refractivity contribution in [2.24, 2.45) is 0 Å². The van der Waals surface area contributed by atoms with Crippen LogP contribution in [0.5, 0.6) is 11.5 Å². The zero-order chi connectivity index (χ0) is 13.1. The van der Waals surface area contributed by atoms with Gasteiger partial charge in [0.05, 0.1) is 18.7 Å². The second-order valence-corrected chi connectivity index (χ2v) is 3.94. The van der Waals surface area contributed by atoms with E-state index < -0.39 is 5.97 Å². The van der Waals surface area contributed by atoms with Crippen LogP contribution in [0.2, 0.25) is 0 Å². The van der Waals surface area contributed by atoms with Gasteiger partial charge in [0.1, 0.15) is 18.1 Å². The number of anilines is 1. The van der Waals surface area contributed by atoms with E-state index in [0.717, 1.165) is 0 Å². The van der Waals surface area contributed by atoms with E-state index in [1.807, 2.05) is 0 Å². The van der Waals surface area contributed by atoms with Gasteiger partial charge in [0.25, 0.3) is 0 Å². The van der Waals surface area contributed by atoms with E-state index in [1.165, 1.54) is 17.0 Å². The number of aromatic hydroxyl groups is 1. The number of carbonyl (C=O) groups is 2. The molecule has 6 nitrogen and oxygen atoms in total. The van der Waals surface area contributed by atoms with Crippen LogP contribution in [-0.2, 0) is 9.59 Å². The largest absolute Gasteiger partial charge is 0.508 e. The lowest BCUT2D eigenvalue weighted by Crippen LogP contribution is -2.38. The molecule has 0 aliphatic carbocycles. The summed E-state index contributed by atoms with van der Waals surface area (Å²) in [5.41, 5.74) is 0.564. The van der Waals surface area contributed by atoms with Crippen molar-refractivity contribution in [2.45, 2.75) is 12.8 Å². The van der Waals surface area contributed by atoms with E-state index in [4.69, 9.17) is 9.84 Å². The minimum atomic E-state index is -0.998. The number of carbonyl (C=O) groups excluding carboxylic acids is 1. The molecule has 1 aromatic carbocycles. The summed E-state index contributed by atoms with van der Waals surface area (Å²) < 4.78 is 5.34. The Morgan fingerprint density at radius 2 is 2.11 bits per heavy atom. The van der Waals surface area contributed by atoms with Crippen molar-refractivity contribution in [3.8, 4) is 11.5 Å². The maximum absolute atomic E-state index is 11.9. The van der Waals surface area contributed by atoms with E-state index >= 15 is 0 Å².